The normalized spacial score (nSPS) is 15.3. The van der Waals surface area contributed by atoms with Crippen molar-refractivity contribution >= 4 is 35.0 Å². The lowest BCUT2D eigenvalue weighted by Gasteiger charge is -2.16. The number of pyridine rings is 1. The van der Waals surface area contributed by atoms with Crippen molar-refractivity contribution in [3.8, 4) is 11.1 Å². The third-order valence-corrected chi connectivity index (χ3v) is 5.34. The van der Waals surface area contributed by atoms with Gasteiger partial charge in [0.1, 0.15) is 11.6 Å². The highest BCUT2D eigenvalue weighted by Gasteiger charge is 2.18. The van der Waals surface area contributed by atoms with E-state index < -0.39 is 11.8 Å². The molecule has 2 aromatic heterocycles. The first-order chi connectivity index (χ1) is 16.0. The molecule has 1 unspecified atom stereocenters. The molecule has 4 rings (SSSR count). The van der Waals surface area contributed by atoms with E-state index >= 15 is 0 Å². The Balaban J connectivity index is 1.64. The van der Waals surface area contributed by atoms with Gasteiger partial charge in [-0.25, -0.2) is 14.2 Å². The summed E-state index contributed by atoms with van der Waals surface area (Å²) in [4.78, 5) is 25.3. The first-order valence-corrected chi connectivity index (χ1v) is 11.0. The van der Waals surface area contributed by atoms with Crippen LogP contribution < -0.4 is 10.6 Å². The quantitative estimate of drug-likeness (QED) is 0.450. The number of aromatic nitrogens is 3. The van der Waals surface area contributed by atoms with Crippen LogP contribution in [0.2, 0.25) is 5.02 Å². The number of carbonyl (C=O) groups excluding carboxylic acids is 1. The number of hydrogen-bond acceptors (Lipinski definition) is 8. The van der Waals surface area contributed by atoms with Crippen molar-refractivity contribution in [3.05, 3.63) is 59.3 Å². The zero-order chi connectivity index (χ0) is 23.2. The van der Waals surface area contributed by atoms with E-state index in [9.17, 15) is 9.18 Å². The topological polar surface area (TPSA) is 98.3 Å². The Bertz CT molecular complexity index is 1140. The highest BCUT2D eigenvalue weighted by Crippen LogP contribution is 2.29. The third-order valence-electron chi connectivity index (χ3n) is 5.05. The molecule has 1 aliphatic rings. The SMILES string of the molecule is CCOC(=O)c1cncc(-c2cnc(Nc3ccc(F)c(Cl)c3)nc2NCC2CCCO2)c1. The molecule has 0 amide bonds. The van der Waals surface area contributed by atoms with Gasteiger partial charge in [-0.3, -0.25) is 4.98 Å². The molecule has 1 aliphatic heterocycles. The number of carbonyl (C=O) groups is 1. The fraction of sp³-hybridized carbons (Fsp3) is 0.304. The van der Waals surface area contributed by atoms with Gasteiger partial charge >= 0.3 is 5.97 Å². The molecular formula is C23H23ClFN5O3. The van der Waals surface area contributed by atoms with Crippen LogP contribution in [0.1, 0.15) is 30.1 Å². The van der Waals surface area contributed by atoms with Crippen LogP contribution in [0.3, 0.4) is 0 Å². The molecule has 0 radical (unpaired) electrons. The number of hydrogen-bond donors (Lipinski definition) is 2. The molecule has 10 heteroatoms. The van der Waals surface area contributed by atoms with Crippen molar-refractivity contribution in [3.63, 3.8) is 0 Å². The van der Waals surface area contributed by atoms with E-state index in [-0.39, 0.29) is 17.7 Å². The average Bonchev–Trinajstić information content (AvgIpc) is 3.34. The molecule has 3 heterocycles. The predicted molar refractivity (Wildman–Crippen MR) is 123 cm³/mol. The van der Waals surface area contributed by atoms with E-state index in [1.807, 2.05) is 0 Å². The molecule has 33 heavy (non-hydrogen) atoms. The third kappa shape index (κ3) is 5.74. The zero-order valence-corrected chi connectivity index (χ0v) is 18.7. The minimum Gasteiger partial charge on any atom is -0.462 e. The lowest BCUT2D eigenvalue weighted by Crippen LogP contribution is -2.19. The van der Waals surface area contributed by atoms with Crippen LogP contribution in [0.25, 0.3) is 11.1 Å². The molecule has 0 saturated carbocycles. The first-order valence-electron chi connectivity index (χ1n) is 10.6. The summed E-state index contributed by atoms with van der Waals surface area (Å²) in [5, 5.41) is 6.35. The number of rotatable bonds is 8. The molecule has 0 bridgehead atoms. The maximum absolute atomic E-state index is 13.5. The van der Waals surface area contributed by atoms with E-state index in [0.29, 0.717) is 40.7 Å². The second-order valence-electron chi connectivity index (χ2n) is 7.41. The molecule has 1 fully saturated rings. The molecule has 1 atom stereocenters. The van der Waals surface area contributed by atoms with Crippen molar-refractivity contribution in [2.75, 3.05) is 30.4 Å². The minimum atomic E-state index is -0.508. The lowest BCUT2D eigenvalue weighted by molar-refractivity contribution is 0.0526. The van der Waals surface area contributed by atoms with E-state index in [1.165, 1.54) is 18.3 Å². The Kier molecular flexibility index (Phi) is 7.31. The molecule has 2 N–H and O–H groups in total. The molecule has 0 spiro atoms. The van der Waals surface area contributed by atoms with Gasteiger partial charge in [-0.05, 0) is 44.0 Å². The number of benzene rings is 1. The van der Waals surface area contributed by atoms with Crippen molar-refractivity contribution in [2.45, 2.75) is 25.9 Å². The molecular weight excluding hydrogens is 449 g/mol. The van der Waals surface area contributed by atoms with Crippen molar-refractivity contribution in [1.29, 1.82) is 0 Å². The Hall–Kier alpha value is -3.30. The first kappa shape index (κ1) is 22.9. The maximum atomic E-state index is 13.5. The van der Waals surface area contributed by atoms with Crippen molar-refractivity contribution in [2.24, 2.45) is 0 Å². The summed E-state index contributed by atoms with van der Waals surface area (Å²) < 4.78 is 24.3. The van der Waals surface area contributed by atoms with Gasteiger partial charge in [0.15, 0.2) is 0 Å². The zero-order valence-electron chi connectivity index (χ0n) is 18.0. The maximum Gasteiger partial charge on any atom is 0.339 e. The van der Waals surface area contributed by atoms with Crippen LogP contribution in [0.5, 0.6) is 0 Å². The van der Waals surface area contributed by atoms with Crippen LogP contribution in [0.15, 0.2) is 42.9 Å². The minimum absolute atomic E-state index is 0.00444. The summed E-state index contributed by atoms with van der Waals surface area (Å²) in [6, 6.07) is 5.96. The number of halogens is 2. The molecule has 172 valence electrons. The fourth-order valence-corrected chi connectivity index (χ4v) is 3.60. The monoisotopic (exact) mass is 471 g/mol. The van der Waals surface area contributed by atoms with E-state index in [1.54, 1.807) is 31.5 Å². The smallest absolute Gasteiger partial charge is 0.339 e. The van der Waals surface area contributed by atoms with Gasteiger partial charge in [0.25, 0.3) is 0 Å². The van der Waals surface area contributed by atoms with E-state index in [4.69, 9.17) is 21.1 Å². The fourth-order valence-electron chi connectivity index (χ4n) is 3.42. The number of esters is 1. The highest BCUT2D eigenvalue weighted by atomic mass is 35.5. The van der Waals surface area contributed by atoms with Crippen molar-refractivity contribution < 1.29 is 18.7 Å². The summed E-state index contributed by atoms with van der Waals surface area (Å²) in [7, 11) is 0. The van der Waals surface area contributed by atoms with Gasteiger partial charge in [0, 0.05) is 48.6 Å². The van der Waals surface area contributed by atoms with Crippen molar-refractivity contribution in [1.82, 2.24) is 15.0 Å². The molecule has 8 nitrogen and oxygen atoms in total. The summed E-state index contributed by atoms with van der Waals surface area (Å²) in [6.45, 7) is 3.33. The lowest BCUT2D eigenvalue weighted by atomic mass is 10.1. The summed E-state index contributed by atoms with van der Waals surface area (Å²) in [5.41, 5.74) is 2.20. The summed E-state index contributed by atoms with van der Waals surface area (Å²) in [6.07, 6.45) is 6.79. The summed E-state index contributed by atoms with van der Waals surface area (Å²) in [5.74, 6) is -0.121. The number of anilines is 3. The van der Waals surface area contributed by atoms with Gasteiger partial charge in [-0.2, -0.15) is 4.98 Å². The van der Waals surface area contributed by atoms with Crippen LogP contribution in [-0.2, 0) is 9.47 Å². The number of nitrogens with zero attached hydrogens (tertiary/aromatic N) is 3. The predicted octanol–water partition coefficient (Wildman–Crippen LogP) is 4.84. The Morgan fingerprint density at radius 2 is 2.18 bits per heavy atom. The largest absolute Gasteiger partial charge is 0.462 e. The average molecular weight is 472 g/mol. The number of nitrogens with one attached hydrogen (secondary N) is 2. The standard InChI is InChI=1S/C23H23ClFN5O3/c1-2-32-22(31)15-8-14(10-26-11-15)18-13-28-23(29-16-5-6-20(25)19(24)9-16)30-21(18)27-12-17-4-3-7-33-17/h5-6,8-11,13,17H,2-4,7,12H2,1H3,(H2,27,28,29,30). The van der Waals surface area contributed by atoms with Gasteiger partial charge in [-0.1, -0.05) is 11.6 Å². The van der Waals surface area contributed by atoms with Gasteiger partial charge in [-0.15, -0.1) is 0 Å². The van der Waals surface area contributed by atoms with Crippen LogP contribution in [0, 0.1) is 5.82 Å². The molecule has 0 aliphatic carbocycles. The summed E-state index contributed by atoms with van der Waals surface area (Å²) >= 11 is 5.88. The van der Waals surface area contributed by atoms with Crippen LogP contribution in [-0.4, -0.2) is 46.8 Å². The van der Waals surface area contributed by atoms with Gasteiger partial charge in [0.2, 0.25) is 5.95 Å². The molecule has 3 aromatic rings. The second kappa shape index (κ2) is 10.5. The molecule has 1 saturated heterocycles. The van der Waals surface area contributed by atoms with Gasteiger partial charge in [0.05, 0.1) is 23.3 Å². The number of ether oxygens (including phenoxy) is 2. The van der Waals surface area contributed by atoms with E-state index in [0.717, 1.165) is 19.4 Å². The Morgan fingerprint density at radius 3 is 2.94 bits per heavy atom. The van der Waals surface area contributed by atoms with E-state index in [2.05, 4.69) is 25.6 Å². The Morgan fingerprint density at radius 1 is 1.30 bits per heavy atom. The molecule has 1 aromatic carbocycles. The second-order valence-corrected chi connectivity index (χ2v) is 7.82. The Labute approximate surface area is 195 Å². The highest BCUT2D eigenvalue weighted by molar-refractivity contribution is 6.31. The van der Waals surface area contributed by atoms with Crippen LogP contribution >= 0.6 is 11.6 Å². The van der Waals surface area contributed by atoms with Crippen LogP contribution in [0.4, 0.5) is 21.8 Å². The van der Waals surface area contributed by atoms with Gasteiger partial charge < -0.3 is 20.1 Å².